The summed E-state index contributed by atoms with van der Waals surface area (Å²) in [6.45, 7) is 3.20. The largest absolute Gasteiger partial charge is 0.494 e. The van der Waals surface area contributed by atoms with Crippen molar-refractivity contribution in [2.24, 2.45) is 0 Å². The molecule has 2 bridgehead atoms. The molecule has 4 aliphatic heterocycles. The van der Waals surface area contributed by atoms with Crippen molar-refractivity contribution in [3.8, 4) is 5.75 Å². The van der Waals surface area contributed by atoms with Crippen molar-refractivity contribution in [3.63, 3.8) is 0 Å². The molecule has 9 nitrogen and oxygen atoms in total. The number of hydrogen-bond acceptors (Lipinski definition) is 6. The average Bonchev–Trinajstić information content (AvgIpc) is 3.56. The number of nitrogens with zero attached hydrogens (tertiary/aromatic N) is 1. The van der Waals surface area contributed by atoms with Gasteiger partial charge in [0.1, 0.15) is 23.4 Å². The molecule has 4 aliphatic rings. The van der Waals surface area contributed by atoms with E-state index < -0.39 is 29.6 Å². The SMILES string of the molecule is C[C@]1(C(=O)[C@H](Cc2ccccc2)NC(=O)[C@@H]2Cc3ccc(cc3)OCCCCCCCC(=O)N3CCC[C@H]3C(=O)N2)CO1. The number of amides is 3. The van der Waals surface area contributed by atoms with Crippen molar-refractivity contribution < 1.29 is 28.7 Å². The Bertz CT molecular complexity index is 1280. The summed E-state index contributed by atoms with van der Waals surface area (Å²) in [7, 11) is 0. The van der Waals surface area contributed by atoms with E-state index in [4.69, 9.17) is 9.47 Å². The van der Waals surface area contributed by atoms with Gasteiger partial charge in [0, 0.05) is 19.4 Å². The number of ether oxygens (including phenoxy) is 2. The number of carbonyl (C=O) groups excluding carboxylic acids is 4. The highest BCUT2D eigenvalue weighted by atomic mass is 16.6. The highest BCUT2D eigenvalue weighted by Crippen LogP contribution is 2.29. The minimum atomic E-state index is -0.946. The van der Waals surface area contributed by atoms with E-state index in [1.54, 1.807) is 11.8 Å². The summed E-state index contributed by atoms with van der Waals surface area (Å²) in [6.07, 6.45) is 7.01. The van der Waals surface area contributed by atoms with Crippen LogP contribution in [-0.2, 0) is 36.8 Å². The number of nitrogens with one attached hydrogen (secondary N) is 2. The minimum Gasteiger partial charge on any atom is -0.494 e. The molecule has 0 aromatic heterocycles. The Morgan fingerprint density at radius 2 is 1.72 bits per heavy atom. The van der Waals surface area contributed by atoms with E-state index in [0.29, 0.717) is 39.0 Å². The van der Waals surface area contributed by atoms with Gasteiger partial charge in [0.05, 0.1) is 19.3 Å². The van der Waals surface area contributed by atoms with Gasteiger partial charge in [-0.2, -0.15) is 0 Å². The molecule has 0 saturated carbocycles. The monoisotopic (exact) mass is 589 g/mol. The Kier molecular flexibility index (Phi) is 10.1. The van der Waals surface area contributed by atoms with Crippen molar-refractivity contribution in [2.45, 2.75) is 94.9 Å². The third-order valence-corrected chi connectivity index (χ3v) is 8.69. The van der Waals surface area contributed by atoms with E-state index in [0.717, 1.165) is 55.4 Å². The van der Waals surface area contributed by atoms with Crippen LogP contribution in [0.3, 0.4) is 0 Å². The number of benzene rings is 2. The Morgan fingerprint density at radius 1 is 1.00 bits per heavy atom. The van der Waals surface area contributed by atoms with Crippen LogP contribution in [0.15, 0.2) is 54.6 Å². The van der Waals surface area contributed by atoms with Crippen LogP contribution in [0.2, 0.25) is 0 Å². The Hall–Kier alpha value is -3.72. The van der Waals surface area contributed by atoms with E-state index in [1.165, 1.54) is 0 Å². The number of carbonyl (C=O) groups is 4. The fourth-order valence-electron chi connectivity index (χ4n) is 5.97. The smallest absolute Gasteiger partial charge is 0.243 e. The van der Waals surface area contributed by atoms with Gasteiger partial charge in [0.25, 0.3) is 0 Å². The number of epoxide rings is 1. The topological polar surface area (TPSA) is 117 Å². The van der Waals surface area contributed by atoms with Crippen molar-refractivity contribution in [1.29, 1.82) is 0 Å². The lowest BCUT2D eigenvalue weighted by Gasteiger charge is -2.28. The summed E-state index contributed by atoms with van der Waals surface area (Å²) in [4.78, 5) is 55.7. The second-order valence-corrected chi connectivity index (χ2v) is 12.2. The zero-order valence-electron chi connectivity index (χ0n) is 25.0. The molecule has 2 fully saturated rings. The van der Waals surface area contributed by atoms with Crippen molar-refractivity contribution in [1.82, 2.24) is 15.5 Å². The van der Waals surface area contributed by atoms with Gasteiger partial charge in [-0.1, -0.05) is 61.7 Å². The fourth-order valence-corrected chi connectivity index (χ4v) is 5.97. The van der Waals surface area contributed by atoms with Crippen LogP contribution < -0.4 is 15.4 Å². The molecule has 9 heteroatoms. The second kappa shape index (κ2) is 14.2. The molecule has 4 atom stereocenters. The molecule has 230 valence electrons. The standard InChI is InChI=1S/C34H43N3O6/c1-34(23-43-34)31(39)27(21-24-11-6-5-7-12-24)35-32(40)28-22-25-15-17-26(18-16-25)42-20-9-4-2-3-8-14-30(38)37-19-10-13-29(37)33(41)36-28/h5-7,11-12,15-18,27-29H,2-4,8-10,13-14,19-23H2,1H3,(H,35,40)(H,36,41)/t27-,28-,29-,34+/m0/s1. The summed E-state index contributed by atoms with van der Waals surface area (Å²) < 4.78 is 11.3. The molecule has 0 unspecified atom stereocenters. The zero-order chi connectivity index (χ0) is 30.2. The maximum atomic E-state index is 13.9. The van der Waals surface area contributed by atoms with Gasteiger partial charge >= 0.3 is 0 Å². The highest BCUT2D eigenvalue weighted by molar-refractivity contribution is 5.98. The normalized spacial score (nSPS) is 25.7. The Balaban J connectivity index is 1.37. The Morgan fingerprint density at radius 3 is 2.47 bits per heavy atom. The fraction of sp³-hybridized carbons (Fsp3) is 0.529. The predicted molar refractivity (Wildman–Crippen MR) is 161 cm³/mol. The van der Waals surface area contributed by atoms with Gasteiger partial charge in [0.15, 0.2) is 5.78 Å². The number of fused-ring (bicyclic) bond motifs is 13. The molecule has 4 heterocycles. The second-order valence-electron chi connectivity index (χ2n) is 12.2. The van der Waals surface area contributed by atoms with Crippen molar-refractivity contribution in [2.75, 3.05) is 19.8 Å². The molecule has 2 saturated heterocycles. The number of hydrogen-bond donors (Lipinski definition) is 2. The first-order valence-corrected chi connectivity index (χ1v) is 15.7. The lowest BCUT2D eigenvalue weighted by molar-refractivity contribution is -0.139. The van der Waals surface area contributed by atoms with Gasteiger partial charge in [0.2, 0.25) is 17.7 Å². The summed E-state index contributed by atoms with van der Waals surface area (Å²) >= 11 is 0. The number of Topliss-reactive ketones (excluding diaryl/α,β-unsaturated/α-hetero) is 1. The average molecular weight is 590 g/mol. The quantitative estimate of drug-likeness (QED) is 0.498. The van der Waals surface area contributed by atoms with Crippen LogP contribution in [0.25, 0.3) is 0 Å². The number of rotatable bonds is 6. The molecule has 2 aromatic rings. The summed E-state index contributed by atoms with van der Waals surface area (Å²) in [5.41, 5.74) is 0.826. The molecule has 0 spiro atoms. The summed E-state index contributed by atoms with van der Waals surface area (Å²) in [5, 5.41) is 5.90. The highest BCUT2D eigenvalue weighted by Gasteiger charge is 2.50. The van der Waals surface area contributed by atoms with Crippen LogP contribution in [-0.4, -0.2) is 71.9 Å². The molecule has 3 amide bonds. The van der Waals surface area contributed by atoms with E-state index in [1.807, 2.05) is 54.6 Å². The maximum absolute atomic E-state index is 13.9. The van der Waals surface area contributed by atoms with Gasteiger partial charge in [-0.3, -0.25) is 19.2 Å². The minimum absolute atomic E-state index is 0.0126. The van der Waals surface area contributed by atoms with E-state index in [-0.39, 0.29) is 24.0 Å². The summed E-state index contributed by atoms with van der Waals surface area (Å²) in [6, 6.07) is 14.7. The maximum Gasteiger partial charge on any atom is 0.243 e. The molecule has 2 N–H and O–H groups in total. The first-order chi connectivity index (χ1) is 20.8. The lowest BCUT2D eigenvalue weighted by atomic mass is 9.94. The van der Waals surface area contributed by atoms with Gasteiger partial charge in [-0.15, -0.1) is 0 Å². The first-order valence-electron chi connectivity index (χ1n) is 15.7. The molecular formula is C34H43N3O6. The molecule has 2 aromatic carbocycles. The van der Waals surface area contributed by atoms with Gasteiger partial charge in [-0.05, 0) is 62.3 Å². The van der Waals surface area contributed by atoms with Crippen LogP contribution in [0.4, 0.5) is 0 Å². The predicted octanol–water partition coefficient (Wildman–Crippen LogP) is 3.52. The molecule has 6 rings (SSSR count). The third kappa shape index (κ3) is 8.22. The third-order valence-electron chi connectivity index (χ3n) is 8.69. The van der Waals surface area contributed by atoms with E-state index in [9.17, 15) is 19.2 Å². The van der Waals surface area contributed by atoms with E-state index in [2.05, 4.69) is 10.6 Å². The van der Waals surface area contributed by atoms with Gasteiger partial charge in [-0.25, -0.2) is 0 Å². The van der Waals surface area contributed by atoms with E-state index >= 15 is 0 Å². The Labute approximate surface area is 253 Å². The van der Waals surface area contributed by atoms with Gasteiger partial charge < -0.3 is 25.0 Å². The molecule has 0 aliphatic carbocycles. The number of ketones is 1. The van der Waals surface area contributed by atoms with Crippen molar-refractivity contribution >= 4 is 23.5 Å². The lowest BCUT2D eigenvalue weighted by Crippen LogP contribution is -2.57. The van der Waals surface area contributed by atoms with Crippen LogP contribution >= 0.6 is 0 Å². The van der Waals surface area contributed by atoms with Crippen molar-refractivity contribution in [3.05, 3.63) is 65.7 Å². The van der Waals surface area contributed by atoms with Crippen LogP contribution in [0, 0.1) is 0 Å². The zero-order valence-corrected chi connectivity index (χ0v) is 25.0. The van der Waals surface area contributed by atoms with Crippen LogP contribution in [0.5, 0.6) is 5.75 Å². The molecule has 43 heavy (non-hydrogen) atoms. The molecule has 0 radical (unpaired) electrons. The molecular weight excluding hydrogens is 546 g/mol. The summed E-state index contributed by atoms with van der Waals surface area (Å²) in [5.74, 6) is -0.242. The van der Waals surface area contributed by atoms with Crippen LogP contribution in [0.1, 0.15) is 69.4 Å². The first kappa shape index (κ1) is 30.7.